The number of hydrogen-bond donors (Lipinski definition) is 5. The van der Waals surface area contributed by atoms with E-state index in [0.717, 1.165) is 21.5 Å². The molecule has 1 aromatic carbocycles. The van der Waals surface area contributed by atoms with E-state index in [1.165, 1.54) is 14.0 Å². The van der Waals surface area contributed by atoms with Crippen molar-refractivity contribution in [1.29, 1.82) is 0 Å². The summed E-state index contributed by atoms with van der Waals surface area (Å²) in [5.41, 5.74) is 7.19. The number of esters is 1. The molecule has 2 atom stereocenters. The molecule has 0 fully saturated rings. The Labute approximate surface area is 190 Å². The molecule has 0 aliphatic rings. The molecule has 1 aromatic heterocycles. The van der Waals surface area contributed by atoms with Gasteiger partial charge in [0.15, 0.2) is 0 Å². The van der Waals surface area contributed by atoms with Crippen LogP contribution >= 0.6 is 0 Å². The Morgan fingerprint density at radius 2 is 2.00 bits per heavy atom. The minimum atomic E-state index is -1.09. The summed E-state index contributed by atoms with van der Waals surface area (Å²) in [5.74, 6) is 9.11. The molecule has 0 radical (unpaired) electrons. The number of fused-ring (bicyclic) bond motifs is 1. The van der Waals surface area contributed by atoms with Crippen molar-refractivity contribution in [3.05, 3.63) is 36.0 Å². The van der Waals surface area contributed by atoms with E-state index < -0.39 is 29.9 Å². The number of methoxy groups -OCH3 is 1. The van der Waals surface area contributed by atoms with Gasteiger partial charge in [-0.1, -0.05) is 28.5 Å². The molecular formula is C20H29N9O4. The molecule has 0 bridgehead atoms. The fourth-order valence-electron chi connectivity index (χ4n) is 3.37. The van der Waals surface area contributed by atoms with Crippen molar-refractivity contribution in [3.8, 4) is 0 Å². The van der Waals surface area contributed by atoms with Crippen LogP contribution in [0.25, 0.3) is 10.9 Å². The average Bonchev–Trinajstić information content (AvgIpc) is 3.20. The molecule has 33 heavy (non-hydrogen) atoms. The lowest BCUT2D eigenvalue weighted by atomic mass is 10.0. The summed E-state index contributed by atoms with van der Waals surface area (Å²) in [6, 6.07) is 5.50. The van der Waals surface area contributed by atoms with Gasteiger partial charge >= 0.3 is 5.97 Å². The van der Waals surface area contributed by atoms with Gasteiger partial charge in [0.05, 0.1) is 7.11 Å². The number of nitrogens with two attached hydrogens (primary N) is 3. The fraction of sp³-hybridized carbons (Fsp3) is 0.400. The number of aliphatic imine (C=N–C) groups is 1. The number of benzene rings is 1. The van der Waals surface area contributed by atoms with E-state index in [1.807, 2.05) is 24.3 Å². The van der Waals surface area contributed by atoms with Gasteiger partial charge in [-0.3, -0.25) is 19.6 Å². The molecule has 2 rings (SSSR count). The number of carbonyl (C=O) groups excluding carboxylic acids is 3. The number of nitrogens with one attached hydrogen (secondary N) is 2. The summed E-state index contributed by atoms with van der Waals surface area (Å²) >= 11 is 0. The lowest BCUT2D eigenvalue weighted by Crippen LogP contribution is -2.57. The highest BCUT2D eigenvalue weighted by Crippen LogP contribution is 2.20. The van der Waals surface area contributed by atoms with Gasteiger partial charge in [-0.15, -0.1) is 0 Å². The Kier molecular flexibility index (Phi) is 9.30. The van der Waals surface area contributed by atoms with E-state index in [4.69, 9.17) is 22.2 Å². The van der Waals surface area contributed by atoms with Crippen molar-refractivity contribution in [1.82, 2.24) is 15.3 Å². The maximum Gasteiger partial charge on any atom is 0.330 e. The number of hydrazine groups is 1. The molecule has 0 saturated heterocycles. The SMILES string of the molecule is COC(=O)C(CCCN=C(N)N=NN)N(N)C(=O)C(Cc1c[nH]c2ccccc12)NC(C)=O. The summed E-state index contributed by atoms with van der Waals surface area (Å²) < 4.78 is 4.81. The second-order valence-electron chi connectivity index (χ2n) is 7.20. The van der Waals surface area contributed by atoms with Crippen molar-refractivity contribution < 1.29 is 19.1 Å². The van der Waals surface area contributed by atoms with Crippen LogP contribution in [0.3, 0.4) is 0 Å². The number of H-pyrrole nitrogens is 1. The second kappa shape index (κ2) is 12.1. The summed E-state index contributed by atoms with van der Waals surface area (Å²) in [5, 5.41) is 10.7. The first kappa shape index (κ1) is 25.3. The van der Waals surface area contributed by atoms with Gasteiger partial charge in [0.1, 0.15) is 12.1 Å². The van der Waals surface area contributed by atoms with E-state index in [0.29, 0.717) is 6.42 Å². The number of carbonyl (C=O) groups is 3. The first-order chi connectivity index (χ1) is 15.8. The van der Waals surface area contributed by atoms with E-state index in [2.05, 4.69) is 25.6 Å². The predicted molar refractivity (Wildman–Crippen MR) is 121 cm³/mol. The molecule has 2 amide bonds. The minimum absolute atomic E-state index is 0.114. The Balaban J connectivity index is 2.18. The largest absolute Gasteiger partial charge is 0.467 e. The normalized spacial score (nSPS) is 13.6. The number of ether oxygens (including phenoxy) is 1. The summed E-state index contributed by atoms with van der Waals surface area (Å²) in [4.78, 5) is 44.4. The van der Waals surface area contributed by atoms with Crippen LogP contribution in [0.2, 0.25) is 0 Å². The zero-order chi connectivity index (χ0) is 24.4. The Morgan fingerprint density at radius 1 is 1.27 bits per heavy atom. The monoisotopic (exact) mass is 459 g/mol. The third kappa shape index (κ3) is 7.00. The van der Waals surface area contributed by atoms with E-state index in [1.54, 1.807) is 6.20 Å². The predicted octanol–water partition coefficient (Wildman–Crippen LogP) is -0.120. The molecule has 13 nitrogen and oxygen atoms in total. The standard InChI is InChI=1S/C20H29N9O4/c1-12(30)26-16(10-13-11-25-15-7-4-3-6-14(13)15)18(31)29(23)17(19(32)33-2)8-5-9-24-20(21)27-28-22/h3-4,6-7,11,16-17,25H,5,8-10,23H2,1-2H3,(H,26,30)(H4,21,22,24,27). The van der Waals surface area contributed by atoms with Crippen molar-refractivity contribution >= 4 is 34.6 Å². The maximum atomic E-state index is 13.2. The number of guanidine groups is 1. The molecule has 0 saturated carbocycles. The number of amides is 2. The first-order valence-electron chi connectivity index (χ1n) is 10.2. The summed E-state index contributed by atoms with van der Waals surface area (Å²) in [6.07, 6.45) is 2.43. The van der Waals surface area contributed by atoms with Crippen LogP contribution in [-0.4, -0.2) is 59.5 Å². The van der Waals surface area contributed by atoms with Crippen LogP contribution in [0.1, 0.15) is 25.3 Å². The fourth-order valence-corrected chi connectivity index (χ4v) is 3.37. The minimum Gasteiger partial charge on any atom is -0.467 e. The Morgan fingerprint density at radius 3 is 2.67 bits per heavy atom. The van der Waals surface area contributed by atoms with Gasteiger partial charge in [0, 0.05) is 37.0 Å². The van der Waals surface area contributed by atoms with Crippen molar-refractivity contribution in [2.45, 2.75) is 38.3 Å². The highest BCUT2D eigenvalue weighted by atomic mass is 16.5. The topological polar surface area (TPSA) is 207 Å². The highest BCUT2D eigenvalue weighted by Gasteiger charge is 2.33. The van der Waals surface area contributed by atoms with Gasteiger partial charge in [0.2, 0.25) is 11.9 Å². The second-order valence-corrected chi connectivity index (χ2v) is 7.20. The van der Waals surface area contributed by atoms with E-state index >= 15 is 0 Å². The molecule has 0 aliphatic heterocycles. The number of hydrogen-bond acceptors (Lipinski definition) is 7. The lowest BCUT2D eigenvalue weighted by molar-refractivity contribution is -0.154. The Hall–Kier alpha value is -4.00. The number of aromatic amines is 1. The molecule has 178 valence electrons. The number of aromatic nitrogens is 1. The van der Waals surface area contributed by atoms with Gasteiger partial charge in [0.25, 0.3) is 5.91 Å². The number of rotatable bonds is 10. The van der Waals surface area contributed by atoms with Crippen LogP contribution in [0.4, 0.5) is 0 Å². The van der Waals surface area contributed by atoms with Crippen LogP contribution < -0.4 is 22.7 Å². The third-order valence-corrected chi connectivity index (χ3v) is 4.91. The van der Waals surface area contributed by atoms with Crippen LogP contribution in [0.5, 0.6) is 0 Å². The maximum absolute atomic E-state index is 13.2. The van der Waals surface area contributed by atoms with Crippen molar-refractivity contribution in [2.24, 2.45) is 32.7 Å². The molecular weight excluding hydrogens is 430 g/mol. The smallest absolute Gasteiger partial charge is 0.330 e. The quantitative estimate of drug-likeness (QED) is 0.0475. The van der Waals surface area contributed by atoms with E-state index in [9.17, 15) is 14.4 Å². The van der Waals surface area contributed by atoms with Gasteiger partial charge < -0.3 is 26.6 Å². The number of nitrogens with zero attached hydrogens (tertiary/aromatic N) is 4. The molecule has 13 heteroatoms. The molecule has 0 aliphatic carbocycles. The molecule has 1 heterocycles. The van der Waals surface area contributed by atoms with Crippen LogP contribution in [-0.2, 0) is 25.5 Å². The Bertz CT molecular complexity index is 1030. The number of para-hydroxylation sites is 1. The molecule has 0 spiro atoms. The average molecular weight is 460 g/mol. The molecule has 8 N–H and O–H groups in total. The highest BCUT2D eigenvalue weighted by molar-refractivity contribution is 5.91. The zero-order valence-electron chi connectivity index (χ0n) is 18.5. The van der Waals surface area contributed by atoms with Gasteiger partial charge in [-0.05, 0) is 24.5 Å². The first-order valence-corrected chi connectivity index (χ1v) is 10.2. The molecule has 2 aromatic rings. The van der Waals surface area contributed by atoms with Crippen molar-refractivity contribution in [3.63, 3.8) is 0 Å². The van der Waals surface area contributed by atoms with Gasteiger partial charge in [-0.2, -0.15) is 0 Å². The summed E-state index contributed by atoms with van der Waals surface area (Å²) in [7, 11) is 1.20. The lowest BCUT2D eigenvalue weighted by Gasteiger charge is -2.29. The third-order valence-electron chi connectivity index (χ3n) is 4.91. The molecule has 2 unspecified atom stereocenters. The van der Waals surface area contributed by atoms with Crippen LogP contribution in [0.15, 0.2) is 45.8 Å². The zero-order valence-corrected chi connectivity index (χ0v) is 18.5. The van der Waals surface area contributed by atoms with E-state index in [-0.39, 0.29) is 25.3 Å². The van der Waals surface area contributed by atoms with Crippen molar-refractivity contribution in [2.75, 3.05) is 13.7 Å². The van der Waals surface area contributed by atoms with Crippen LogP contribution in [0, 0.1) is 0 Å². The summed E-state index contributed by atoms with van der Waals surface area (Å²) in [6.45, 7) is 1.50. The van der Waals surface area contributed by atoms with Gasteiger partial charge in [-0.25, -0.2) is 10.6 Å².